The lowest BCUT2D eigenvalue weighted by atomic mass is 9.98. The van der Waals surface area contributed by atoms with Crippen LogP contribution in [0.1, 0.15) is 39.8 Å². The van der Waals surface area contributed by atoms with Gasteiger partial charge in [0, 0.05) is 23.6 Å². The molecule has 0 saturated heterocycles. The van der Waals surface area contributed by atoms with Crippen molar-refractivity contribution in [3.8, 4) is 18.0 Å². The highest BCUT2D eigenvalue weighted by molar-refractivity contribution is 6.15. The van der Waals surface area contributed by atoms with Gasteiger partial charge < -0.3 is 10.1 Å². The quantitative estimate of drug-likeness (QED) is 0.396. The summed E-state index contributed by atoms with van der Waals surface area (Å²) in [5.74, 6) is 1.93. The molecule has 0 unspecified atom stereocenters. The number of fused-ring (bicyclic) bond motifs is 3. The van der Waals surface area contributed by atoms with Gasteiger partial charge in [0.2, 0.25) is 0 Å². The zero-order valence-electron chi connectivity index (χ0n) is 17.0. The van der Waals surface area contributed by atoms with Gasteiger partial charge in [-0.05, 0) is 18.2 Å². The Balaban J connectivity index is 1.73. The molecule has 7 nitrogen and oxygen atoms in total. The van der Waals surface area contributed by atoms with E-state index in [1.54, 1.807) is 6.33 Å². The standard InChI is InChI=1S/C24H20N4O3/c1-3-17-9-10-20-19(13-17)22(18-7-5-4-6-8-18)26-14-21-23(27-15-28(20)21)24(30)25-11-12-31-16(2)29/h1,4-10,13,15H,11-12,14H2,2H3,(H,25,30). The number of aromatic nitrogens is 2. The second kappa shape index (κ2) is 8.67. The first-order valence-corrected chi connectivity index (χ1v) is 9.77. The van der Waals surface area contributed by atoms with Gasteiger partial charge in [-0.3, -0.25) is 19.1 Å². The molecule has 3 aromatic rings. The summed E-state index contributed by atoms with van der Waals surface area (Å²) in [6.07, 6.45) is 7.25. The molecule has 7 heteroatoms. The van der Waals surface area contributed by atoms with E-state index < -0.39 is 5.97 Å². The van der Waals surface area contributed by atoms with E-state index in [9.17, 15) is 9.59 Å². The first kappa shape index (κ1) is 20.1. The van der Waals surface area contributed by atoms with E-state index >= 15 is 0 Å². The maximum absolute atomic E-state index is 12.7. The lowest BCUT2D eigenvalue weighted by Crippen LogP contribution is -2.29. The summed E-state index contributed by atoms with van der Waals surface area (Å²) in [4.78, 5) is 32.7. The minimum atomic E-state index is -0.393. The number of imidazole rings is 1. The van der Waals surface area contributed by atoms with Crippen molar-refractivity contribution in [2.24, 2.45) is 4.99 Å². The minimum absolute atomic E-state index is 0.102. The molecule has 1 aromatic heterocycles. The summed E-state index contributed by atoms with van der Waals surface area (Å²) < 4.78 is 6.73. The number of aliphatic imine (C=N–C) groups is 1. The van der Waals surface area contributed by atoms with Gasteiger partial charge in [-0.25, -0.2) is 4.98 Å². The molecule has 1 aliphatic rings. The van der Waals surface area contributed by atoms with Crippen molar-refractivity contribution in [3.63, 3.8) is 0 Å². The number of carbonyl (C=O) groups is 2. The highest BCUT2D eigenvalue weighted by Crippen LogP contribution is 2.27. The molecule has 0 saturated carbocycles. The van der Waals surface area contributed by atoms with E-state index in [1.807, 2.05) is 53.1 Å². The summed E-state index contributed by atoms with van der Waals surface area (Å²) in [5.41, 5.74) is 5.19. The number of esters is 1. The number of carbonyl (C=O) groups excluding carboxylic acids is 2. The average molecular weight is 412 g/mol. The number of terminal acetylenes is 1. The van der Waals surface area contributed by atoms with Crippen LogP contribution in [0.2, 0.25) is 0 Å². The lowest BCUT2D eigenvalue weighted by molar-refractivity contribution is -0.140. The molecule has 0 bridgehead atoms. The zero-order chi connectivity index (χ0) is 21.8. The fraction of sp³-hybridized carbons (Fsp3) is 0.167. The molecule has 0 aliphatic carbocycles. The molecule has 154 valence electrons. The number of amides is 1. The number of rotatable bonds is 5. The van der Waals surface area contributed by atoms with E-state index in [1.165, 1.54) is 6.92 Å². The van der Waals surface area contributed by atoms with E-state index in [4.69, 9.17) is 16.2 Å². The second-order valence-electron chi connectivity index (χ2n) is 6.91. The number of nitrogens with one attached hydrogen (secondary N) is 1. The fourth-order valence-electron chi connectivity index (χ4n) is 3.47. The molecular weight excluding hydrogens is 392 g/mol. The molecule has 0 radical (unpaired) electrons. The third kappa shape index (κ3) is 4.09. The molecule has 4 rings (SSSR count). The summed E-state index contributed by atoms with van der Waals surface area (Å²) in [5, 5.41) is 2.73. The molecule has 2 heterocycles. The maximum Gasteiger partial charge on any atom is 0.302 e. The number of hydrogen-bond donors (Lipinski definition) is 1. The van der Waals surface area contributed by atoms with E-state index in [-0.39, 0.29) is 31.3 Å². The Hall–Kier alpha value is -4.18. The first-order chi connectivity index (χ1) is 15.1. The van der Waals surface area contributed by atoms with Gasteiger partial charge in [-0.2, -0.15) is 0 Å². The van der Waals surface area contributed by atoms with Gasteiger partial charge in [-0.1, -0.05) is 36.3 Å². The topological polar surface area (TPSA) is 85.6 Å². The van der Waals surface area contributed by atoms with Crippen molar-refractivity contribution in [2.45, 2.75) is 13.5 Å². The van der Waals surface area contributed by atoms with Crippen LogP contribution in [0.4, 0.5) is 0 Å². The third-order valence-corrected chi connectivity index (χ3v) is 4.89. The number of nitrogens with zero attached hydrogens (tertiary/aromatic N) is 3. The summed E-state index contributed by atoms with van der Waals surface area (Å²) in [7, 11) is 0. The monoisotopic (exact) mass is 412 g/mol. The van der Waals surface area contributed by atoms with Gasteiger partial charge in [0.05, 0.1) is 30.2 Å². The van der Waals surface area contributed by atoms with Crippen molar-refractivity contribution in [3.05, 3.63) is 82.9 Å². The Bertz CT molecular complexity index is 1220. The largest absolute Gasteiger partial charge is 0.464 e. The van der Waals surface area contributed by atoms with Gasteiger partial charge in [-0.15, -0.1) is 6.42 Å². The van der Waals surface area contributed by atoms with Gasteiger partial charge >= 0.3 is 5.97 Å². The summed E-state index contributed by atoms with van der Waals surface area (Å²) >= 11 is 0. The smallest absolute Gasteiger partial charge is 0.302 e. The van der Waals surface area contributed by atoms with Crippen molar-refractivity contribution in [2.75, 3.05) is 13.2 Å². The molecule has 0 spiro atoms. The van der Waals surface area contributed by atoms with Crippen molar-refractivity contribution in [1.82, 2.24) is 14.9 Å². The second-order valence-corrected chi connectivity index (χ2v) is 6.91. The van der Waals surface area contributed by atoms with Gasteiger partial charge in [0.1, 0.15) is 12.9 Å². The van der Waals surface area contributed by atoms with Crippen molar-refractivity contribution in [1.29, 1.82) is 0 Å². The van der Waals surface area contributed by atoms with Crippen LogP contribution in [0.15, 0.2) is 59.9 Å². The van der Waals surface area contributed by atoms with E-state index in [2.05, 4.69) is 16.2 Å². The van der Waals surface area contributed by atoms with Crippen LogP contribution in [-0.4, -0.2) is 40.3 Å². The van der Waals surface area contributed by atoms with E-state index in [0.717, 1.165) is 28.1 Å². The van der Waals surface area contributed by atoms with Crippen LogP contribution in [0.25, 0.3) is 5.69 Å². The van der Waals surface area contributed by atoms with Crippen molar-refractivity contribution < 1.29 is 14.3 Å². The maximum atomic E-state index is 12.7. The molecule has 0 fully saturated rings. The third-order valence-electron chi connectivity index (χ3n) is 4.89. The molecule has 2 aromatic carbocycles. The molecule has 0 atom stereocenters. The van der Waals surface area contributed by atoms with Gasteiger partial charge in [0.25, 0.3) is 5.91 Å². The highest BCUT2D eigenvalue weighted by Gasteiger charge is 2.24. The Labute approximate surface area is 179 Å². The predicted molar refractivity (Wildman–Crippen MR) is 116 cm³/mol. The molecule has 1 amide bonds. The predicted octanol–water partition coefficient (Wildman–Crippen LogP) is 2.50. The molecular formula is C24H20N4O3. The van der Waals surface area contributed by atoms with Crippen LogP contribution < -0.4 is 5.32 Å². The van der Waals surface area contributed by atoms with Crippen LogP contribution in [-0.2, 0) is 16.1 Å². The SMILES string of the molecule is C#Cc1ccc2c(c1)C(c1ccccc1)=NCc1c(C(=O)NCCOC(C)=O)ncn1-2. The average Bonchev–Trinajstić information content (AvgIpc) is 3.14. The van der Waals surface area contributed by atoms with Gasteiger partial charge in [0.15, 0.2) is 5.69 Å². The fourth-order valence-corrected chi connectivity index (χ4v) is 3.47. The Kier molecular flexibility index (Phi) is 5.63. The first-order valence-electron chi connectivity index (χ1n) is 9.77. The Morgan fingerprint density at radius 1 is 1.23 bits per heavy atom. The number of hydrogen-bond acceptors (Lipinski definition) is 5. The van der Waals surface area contributed by atoms with Crippen LogP contribution in [0.3, 0.4) is 0 Å². The molecule has 31 heavy (non-hydrogen) atoms. The normalized spacial score (nSPS) is 11.9. The summed E-state index contributed by atoms with van der Waals surface area (Å²) in [6.45, 7) is 1.90. The number of ether oxygens (including phenoxy) is 1. The van der Waals surface area contributed by atoms with Crippen molar-refractivity contribution >= 4 is 17.6 Å². The zero-order valence-corrected chi connectivity index (χ0v) is 17.0. The number of benzene rings is 2. The minimum Gasteiger partial charge on any atom is -0.464 e. The Morgan fingerprint density at radius 2 is 2.03 bits per heavy atom. The molecule has 1 N–H and O–H groups in total. The highest BCUT2D eigenvalue weighted by atomic mass is 16.5. The Morgan fingerprint density at radius 3 is 2.77 bits per heavy atom. The van der Waals surface area contributed by atoms with Crippen LogP contribution >= 0.6 is 0 Å². The summed E-state index contributed by atoms with van der Waals surface area (Å²) in [6, 6.07) is 15.5. The molecule has 1 aliphatic heterocycles. The lowest BCUT2D eigenvalue weighted by Gasteiger charge is -2.12. The van der Waals surface area contributed by atoms with Crippen LogP contribution in [0, 0.1) is 12.3 Å². The van der Waals surface area contributed by atoms with E-state index in [0.29, 0.717) is 5.69 Å². The van der Waals surface area contributed by atoms with Crippen LogP contribution in [0.5, 0.6) is 0 Å².